The number of unbranched alkanes of at least 4 members (excludes halogenated alkanes) is 5. The molecule has 1 atom stereocenters. The largest absolute Gasteiger partial charge is 0.353 e. The van der Waals surface area contributed by atoms with Gasteiger partial charge in [0.05, 0.1) is 0 Å². The Morgan fingerprint density at radius 2 is 1.53 bits per heavy atom. The first-order chi connectivity index (χ1) is 6.48. The third-order valence-corrected chi connectivity index (χ3v) is 2.72. The highest BCUT2D eigenvalue weighted by atomic mass is 35.5. The molecule has 0 saturated heterocycles. The van der Waals surface area contributed by atoms with Crippen molar-refractivity contribution in [1.82, 2.24) is 0 Å². The number of halogens is 1. The molecule has 4 heteroatoms. The van der Waals surface area contributed by atoms with Crippen molar-refractivity contribution >= 4 is 12.4 Å². The van der Waals surface area contributed by atoms with E-state index in [0.29, 0.717) is 0 Å². The van der Waals surface area contributed by atoms with Gasteiger partial charge in [-0.1, -0.05) is 52.4 Å². The van der Waals surface area contributed by atoms with Crippen molar-refractivity contribution in [3.8, 4) is 0 Å². The maximum atomic E-state index is 9.06. The first-order valence-corrected chi connectivity index (χ1v) is 5.72. The average Bonchev–Trinajstić information content (AvgIpc) is 2.09. The molecule has 1 unspecified atom stereocenters. The fourth-order valence-electron chi connectivity index (χ4n) is 1.44. The van der Waals surface area contributed by atoms with Crippen molar-refractivity contribution in [1.29, 1.82) is 0 Å². The second-order valence-corrected chi connectivity index (χ2v) is 4.24. The molecule has 15 heavy (non-hydrogen) atoms. The predicted molar refractivity (Wildman–Crippen MR) is 65.8 cm³/mol. The van der Waals surface area contributed by atoms with E-state index in [0.717, 1.165) is 12.8 Å². The summed E-state index contributed by atoms with van der Waals surface area (Å²) in [6.45, 7) is 3.97. The summed E-state index contributed by atoms with van der Waals surface area (Å²) in [5, 5.41) is 18.1. The van der Waals surface area contributed by atoms with Crippen LogP contribution in [0.1, 0.15) is 58.8 Å². The average molecular weight is 240 g/mol. The lowest BCUT2D eigenvalue weighted by atomic mass is 9.99. The van der Waals surface area contributed by atoms with E-state index in [9.17, 15) is 0 Å². The fraction of sp³-hybridized carbons (Fsp3) is 1.00. The van der Waals surface area contributed by atoms with Crippen LogP contribution >= 0.6 is 12.4 Å². The van der Waals surface area contributed by atoms with Crippen molar-refractivity contribution < 1.29 is 10.2 Å². The third kappa shape index (κ3) is 10.5. The van der Waals surface area contributed by atoms with Crippen LogP contribution in [0.4, 0.5) is 0 Å². The van der Waals surface area contributed by atoms with Gasteiger partial charge in [-0.25, -0.2) is 0 Å². The van der Waals surface area contributed by atoms with Crippen LogP contribution in [0.5, 0.6) is 0 Å². The summed E-state index contributed by atoms with van der Waals surface area (Å²) in [6, 6.07) is 0. The van der Waals surface area contributed by atoms with Gasteiger partial charge < -0.3 is 10.2 Å². The van der Waals surface area contributed by atoms with Gasteiger partial charge in [0.1, 0.15) is 0 Å². The molecule has 0 fully saturated rings. The van der Waals surface area contributed by atoms with Crippen LogP contribution in [0.25, 0.3) is 0 Å². The monoisotopic (exact) mass is 239 g/mol. The molecule has 0 amide bonds. The molecule has 0 heterocycles. The summed E-state index contributed by atoms with van der Waals surface area (Å²) in [4.78, 5) is 0. The summed E-state index contributed by atoms with van der Waals surface area (Å²) in [6.07, 6.45) is 8.08. The Hall–Kier alpha value is 0.170. The van der Waals surface area contributed by atoms with Crippen molar-refractivity contribution in [3.05, 3.63) is 0 Å². The zero-order valence-corrected chi connectivity index (χ0v) is 10.7. The summed E-state index contributed by atoms with van der Waals surface area (Å²) < 4.78 is 0. The molecule has 0 bridgehead atoms. The number of aliphatic hydroxyl groups is 2. The molecule has 0 aliphatic heterocycles. The summed E-state index contributed by atoms with van der Waals surface area (Å²) >= 11 is 0. The van der Waals surface area contributed by atoms with Crippen molar-refractivity contribution in [3.63, 3.8) is 0 Å². The molecule has 0 radical (unpaired) electrons. The first-order valence-electron chi connectivity index (χ1n) is 5.72. The Kier molecular flexibility index (Phi) is 11.0. The Bertz CT molecular complexity index is 137. The first kappa shape index (κ1) is 17.6. The fourth-order valence-corrected chi connectivity index (χ4v) is 1.44. The SMILES string of the molecule is CCCCCCCCC(C)C(N)(O)O.Cl. The zero-order chi connectivity index (χ0) is 11.0. The Balaban J connectivity index is 0. The standard InChI is InChI=1S/C11H25NO2.ClH/c1-3-4-5-6-7-8-9-10(2)11(12,13)14;/h10,13-14H,3-9,12H2,1-2H3;1H. The molecule has 0 spiro atoms. The van der Waals surface area contributed by atoms with Crippen LogP contribution < -0.4 is 5.73 Å². The molecular weight excluding hydrogens is 214 g/mol. The number of rotatable bonds is 8. The second-order valence-electron chi connectivity index (χ2n) is 4.24. The van der Waals surface area contributed by atoms with Gasteiger partial charge in [-0.15, -0.1) is 12.4 Å². The number of hydrogen-bond donors (Lipinski definition) is 3. The van der Waals surface area contributed by atoms with Gasteiger partial charge in [0.25, 0.3) is 0 Å². The molecule has 0 rings (SSSR count). The highest BCUT2D eigenvalue weighted by Crippen LogP contribution is 2.17. The van der Waals surface area contributed by atoms with E-state index in [2.05, 4.69) is 6.92 Å². The minimum Gasteiger partial charge on any atom is -0.353 e. The summed E-state index contributed by atoms with van der Waals surface area (Å²) in [7, 11) is 0. The van der Waals surface area contributed by atoms with Crippen molar-refractivity contribution in [2.45, 2.75) is 64.7 Å². The second kappa shape index (κ2) is 9.40. The van der Waals surface area contributed by atoms with E-state index in [-0.39, 0.29) is 18.3 Å². The lowest BCUT2D eigenvalue weighted by Crippen LogP contribution is -2.45. The molecule has 4 N–H and O–H groups in total. The van der Waals surface area contributed by atoms with Gasteiger partial charge in [-0.3, -0.25) is 5.73 Å². The maximum absolute atomic E-state index is 9.06. The van der Waals surface area contributed by atoms with Gasteiger partial charge in [0.15, 0.2) is 0 Å². The normalized spacial score (nSPS) is 13.4. The Labute approximate surface area is 99.5 Å². The van der Waals surface area contributed by atoms with Crippen molar-refractivity contribution in [2.24, 2.45) is 11.7 Å². The van der Waals surface area contributed by atoms with Crippen molar-refractivity contribution in [2.75, 3.05) is 0 Å². The minimum atomic E-state index is -2.00. The maximum Gasteiger partial charge on any atom is 0.222 e. The Morgan fingerprint density at radius 3 is 2.00 bits per heavy atom. The molecule has 0 aromatic heterocycles. The van der Waals surface area contributed by atoms with Crippen LogP contribution in [-0.4, -0.2) is 16.1 Å². The predicted octanol–water partition coefficient (Wildman–Crippen LogP) is 2.39. The molecular formula is C11H26ClNO2. The molecule has 0 aromatic carbocycles. The highest BCUT2D eigenvalue weighted by molar-refractivity contribution is 5.85. The van der Waals surface area contributed by atoms with Crippen LogP contribution in [0.3, 0.4) is 0 Å². The summed E-state index contributed by atoms with van der Waals surface area (Å²) in [5.74, 6) is -2.24. The number of hydrogen-bond acceptors (Lipinski definition) is 3. The van der Waals surface area contributed by atoms with Crippen LogP contribution in [0.2, 0.25) is 0 Å². The van der Waals surface area contributed by atoms with E-state index in [1.165, 1.54) is 32.1 Å². The van der Waals surface area contributed by atoms with E-state index >= 15 is 0 Å². The highest BCUT2D eigenvalue weighted by Gasteiger charge is 2.24. The van der Waals surface area contributed by atoms with Crippen LogP contribution in [0.15, 0.2) is 0 Å². The van der Waals surface area contributed by atoms with Gasteiger partial charge in [0, 0.05) is 5.92 Å². The molecule has 0 aliphatic carbocycles. The summed E-state index contributed by atoms with van der Waals surface area (Å²) in [5.41, 5.74) is 5.15. The molecule has 3 nitrogen and oxygen atoms in total. The Morgan fingerprint density at radius 1 is 1.07 bits per heavy atom. The number of nitrogens with two attached hydrogens (primary N) is 1. The lowest BCUT2D eigenvalue weighted by Gasteiger charge is -2.23. The van der Waals surface area contributed by atoms with E-state index in [1.54, 1.807) is 6.92 Å². The zero-order valence-electron chi connectivity index (χ0n) is 9.91. The van der Waals surface area contributed by atoms with Crippen LogP contribution in [-0.2, 0) is 0 Å². The lowest BCUT2D eigenvalue weighted by molar-refractivity contribution is -0.192. The van der Waals surface area contributed by atoms with E-state index < -0.39 is 5.91 Å². The minimum absolute atomic E-state index is 0. The molecule has 0 aromatic rings. The third-order valence-electron chi connectivity index (χ3n) is 2.72. The van der Waals surface area contributed by atoms with E-state index in [1.807, 2.05) is 0 Å². The van der Waals surface area contributed by atoms with E-state index in [4.69, 9.17) is 15.9 Å². The molecule has 0 aliphatic rings. The van der Waals surface area contributed by atoms with Gasteiger partial charge in [-0.05, 0) is 6.42 Å². The quantitative estimate of drug-likeness (QED) is 0.450. The topological polar surface area (TPSA) is 66.5 Å². The molecule has 0 saturated carbocycles. The van der Waals surface area contributed by atoms with Gasteiger partial charge >= 0.3 is 0 Å². The van der Waals surface area contributed by atoms with Crippen LogP contribution in [0, 0.1) is 5.92 Å². The smallest absolute Gasteiger partial charge is 0.222 e. The molecule has 94 valence electrons. The van der Waals surface area contributed by atoms with Gasteiger partial charge in [0.2, 0.25) is 5.91 Å². The van der Waals surface area contributed by atoms with Gasteiger partial charge in [-0.2, -0.15) is 0 Å².